The summed E-state index contributed by atoms with van der Waals surface area (Å²) in [4.78, 5) is 21.6. The molecular formula is C14H37Na4O4P. The van der Waals surface area contributed by atoms with Crippen LogP contribution in [0.15, 0.2) is 0 Å². The maximum Gasteiger partial charge on any atom is 1.00 e. The van der Waals surface area contributed by atoms with Crippen molar-refractivity contribution in [2.75, 3.05) is 0 Å². The molecule has 0 unspecified atom stereocenters. The normalized spacial score (nSPS) is 9.09. The molecule has 0 rings (SSSR count). The van der Waals surface area contributed by atoms with Crippen molar-refractivity contribution >= 4 is 7.82 Å². The molecule has 0 aliphatic heterocycles. The van der Waals surface area contributed by atoms with Crippen LogP contribution in [-0.4, -0.2) is 14.7 Å². The second-order valence-corrected chi connectivity index (χ2v) is 6.08. The fourth-order valence-electron chi connectivity index (χ4n) is 1.91. The topological polar surface area (TPSA) is 77.8 Å². The average Bonchev–Trinajstić information content (AvgIpc) is 2.29. The molecule has 0 aromatic carbocycles. The van der Waals surface area contributed by atoms with Gasteiger partial charge in [0, 0.05) is 0 Å². The zero-order valence-electron chi connectivity index (χ0n) is 20.7. The molecule has 0 saturated carbocycles. The predicted molar refractivity (Wildman–Crippen MR) is 85.5 cm³/mol. The number of unbranched alkanes of at least 4 members (excludes halogenated alkanes) is 11. The number of rotatable bonds is 11. The Kier molecular flexibility index (Phi) is 60.7. The van der Waals surface area contributed by atoms with Gasteiger partial charge in [-0.3, -0.25) is 0 Å². The van der Waals surface area contributed by atoms with E-state index in [0.29, 0.717) is 0 Å². The monoisotopic (exact) mass is 392 g/mol. The molecule has 0 bridgehead atoms. The summed E-state index contributed by atoms with van der Waals surface area (Å²) < 4.78 is 8.88. The van der Waals surface area contributed by atoms with Gasteiger partial charge < -0.3 is 20.4 Å². The van der Waals surface area contributed by atoms with Gasteiger partial charge in [-0.15, -0.1) is 0 Å². The van der Waals surface area contributed by atoms with Gasteiger partial charge in [-0.25, -0.2) is 4.57 Å². The fourth-order valence-corrected chi connectivity index (χ4v) is 1.91. The molecular weight excluding hydrogens is 355 g/mol. The smallest absolute Gasteiger partial charge is 1.00 e. The van der Waals surface area contributed by atoms with Gasteiger partial charge in [-0.1, -0.05) is 90.9 Å². The zero-order valence-corrected chi connectivity index (χ0v) is 25.6. The fraction of sp³-hybridized carbons (Fsp3) is 1.00. The van der Waals surface area contributed by atoms with Gasteiger partial charge in [0.15, 0.2) is 0 Å². The minimum Gasteiger partial charge on any atom is -1.00 e. The van der Waals surface area contributed by atoms with Gasteiger partial charge in [0.05, 0.1) is 0 Å². The van der Waals surface area contributed by atoms with Crippen molar-refractivity contribution < 1.29 is 143 Å². The van der Waals surface area contributed by atoms with Crippen LogP contribution in [-0.2, 0) is 4.57 Å². The SMILES string of the molecule is CCCCCCCCCCCCCC.O=P(O)(O)O.[H-].[H-].[H-].[H-].[Na+].[Na+].[Na+].[Na+]. The third kappa shape index (κ3) is 66.5. The van der Waals surface area contributed by atoms with E-state index >= 15 is 0 Å². The molecule has 9 heteroatoms. The summed E-state index contributed by atoms with van der Waals surface area (Å²) in [5.74, 6) is 0. The van der Waals surface area contributed by atoms with E-state index < -0.39 is 7.82 Å². The van der Waals surface area contributed by atoms with Crippen LogP contribution in [0.4, 0.5) is 0 Å². The van der Waals surface area contributed by atoms with Gasteiger partial charge in [0.1, 0.15) is 0 Å². The summed E-state index contributed by atoms with van der Waals surface area (Å²) in [7, 11) is -4.64. The second-order valence-electron chi connectivity index (χ2n) is 5.05. The third-order valence-corrected chi connectivity index (χ3v) is 2.96. The van der Waals surface area contributed by atoms with Crippen molar-refractivity contribution in [1.82, 2.24) is 0 Å². The van der Waals surface area contributed by atoms with Crippen molar-refractivity contribution in [3.63, 3.8) is 0 Å². The van der Waals surface area contributed by atoms with E-state index in [4.69, 9.17) is 19.2 Å². The van der Waals surface area contributed by atoms with Crippen molar-refractivity contribution in [3.8, 4) is 0 Å². The van der Waals surface area contributed by atoms with E-state index in [2.05, 4.69) is 13.8 Å². The van der Waals surface area contributed by atoms with E-state index in [1.54, 1.807) is 0 Å². The molecule has 0 aromatic rings. The van der Waals surface area contributed by atoms with Crippen LogP contribution in [0.2, 0.25) is 0 Å². The van der Waals surface area contributed by atoms with Gasteiger partial charge in [-0.2, -0.15) is 0 Å². The average molecular weight is 392 g/mol. The number of hydrogen-bond acceptors (Lipinski definition) is 1. The quantitative estimate of drug-likeness (QED) is 0.186. The molecule has 0 amide bonds. The third-order valence-electron chi connectivity index (χ3n) is 2.96. The molecule has 0 saturated heterocycles. The number of phosphoric acid groups is 1. The van der Waals surface area contributed by atoms with Crippen molar-refractivity contribution in [1.29, 1.82) is 0 Å². The standard InChI is InChI=1S/C14H30.4Na.H3O4P.4H/c1-3-5-7-9-11-13-14-12-10-8-6-4-2;;;;;1-5(2,3)4;;;;/h3-14H2,1-2H3;;;;;(H3,1,2,3,4);;;;/q;4*+1;;4*-1. The van der Waals surface area contributed by atoms with E-state index in [1.165, 1.54) is 77.0 Å². The first-order chi connectivity index (χ1) is 8.91. The first-order valence-electron chi connectivity index (χ1n) is 7.70. The molecule has 0 aromatic heterocycles. The Morgan fingerprint density at radius 2 is 0.696 bits per heavy atom. The summed E-state index contributed by atoms with van der Waals surface area (Å²) >= 11 is 0. The Labute approximate surface area is 238 Å². The van der Waals surface area contributed by atoms with Crippen LogP contribution in [0.5, 0.6) is 0 Å². The second kappa shape index (κ2) is 33.7. The first kappa shape index (κ1) is 41.5. The Morgan fingerprint density at radius 1 is 0.565 bits per heavy atom. The Balaban J connectivity index is -0.0000000251. The largest absolute Gasteiger partial charge is 1.00 e. The molecule has 23 heavy (non-hydrogen) atoms. The molecule has 0 aliphatic rings. The van der Waals surface area contributed by atoms with Crippen LogP contribution < -0.4 is 118 Å². The molecule has 0 aliphatic carbocycles. The van der Waals surface area contributed by atoms with E-state index in [0.717, 1.165) is 0 Å². The Hall–Kier alpha value is 4.11. The van der Waals surface area contributed by atoms with Crippen LogP contribution in [0, 0.1) is 0 Å². The van der Waals surface area contributed by atoms with E-state index in [1.807, 2.05) is 0 Å². The van der Waals surface area contributed by atoms with Crippen LogP contribution >= 0.6 is 7.82 Å². The molecule has 0 atom stereocenters. The molecule has 4 nitrogen and oxygen atoms in total. The summed E-state index contributed by atoms with van der Waals surface area (Å²) in [5, 5.41) is 0. The summed E-state index contributed by atoms with van der Waals surface area (Å²) in [6, 6.07) is 0. The molecule has 0 fully saturated rings. The minimum atomic E-state index is -4.64. The Morgan fingerprint density at radius 3 is 0.826 bits per heavy atom. The predicted octanol–water partition coefficient (Wildman–Crippen LogP) is -6.76. The van der Waals surface area contributed by atoms with E-state index in [9.17, 15) is 0 Å². The summed E-state index contributed by atoms with van der Waals surface area (Å²) in [5.41, 5.74) is 0. The summed E-state index contributed by atoms with van der Waals surface area (Å²) in [6.45, 7) is 4.57. The van der Waals surface area contributed by atoms with E-state index in [-0.39, 0.29) is 124 Å². The molecule has 0 radical (unpaired) electrons. The van der Waals surface area contributed by atoms with Crippen molar-refractivity contribution in [2.45, 2.75) is 90.9 Å². The van der Waals surface area contributed by atoms with Crippen LogP contribution in [0.3, 0.4) is 0 Å². The molecule has 0 heterocycles. The maximum atomic E-state index is 8.88. The van der Waals surface area contributed by atoms with Crippen molar-refractivity contribution in [2.24, 2.45) is 0 Å². The molecule has 3 N–H and O–H groups in total. The van der Waals surface area contributed by atoms with Gasteiger partial charge in [0.2, 0.25) is 0 Å². The first-order valence-corrected chi connectivity index (χ1v) is 9.26. The molecule has 126 valence electrons. The minimum absolute atomic E-state index is 0. The van der Waals surface area contributed by atoms with Gasteiger partial charge in [-0.05, 0) is 0 Å². The summed E-state index contributed by atoms with van der Waals surface area (Å²) in [6.07, 6.45) is 17.4. The maximum absolute atomic E-state index is 8.88. The molecule has 0 spiro atoms. The van der Waals surface area contributed by atoms with Gasteiger partial charge >= 0.3 is 126 Å². The van der Waals surface area contributed by atoms with Gasteiger partial charge in [0.25, 0.3) is 0 Å². The van der Waals surface area contributed by atoms with Crippen molar-refractivity contribution in [3.05, 3.63) is 0 Å². The Bertz CT molecular complexity index is 215. The van der Waals surface area contributed by atoms with Crippen LogP contribution in [0.1, 0.15) is 96.6 Å². The zero-order chi connectivity index (χ0) is 15.0. The number of hydrogen-bond donors (Lipinski definition) is 3. The van der Waals surface area contributed by atoms with Crippen LogP contribution in [0.25, 0.3) is 0 Å².